The predicted molar refractivity (Wildman–Crippen MR) is 110 cm³/mol. The molecule has 0 aliphatic rings. The molecule has 0 N–H and O–H groups in total. The number of hydrogen-bond acceptors (Lipinski definition) is 4. The second kappa shape index (κ2) is 8.11. The van der Waals surface area contributed by atoms with Gasteiger partial charge in [0.25, 0.3) is 0 Å². The molecule has 0 bridgehead atoms. The molecule has 2 heterocycles. The Bertz CT molecular complexity index is 964. The zero-order valence-corrected chi connectivity index (χ0v) is 16.9. The minimum Gasteiger partial charge on any atom is -0.303 e. The summed E-state index contributed by atoms with van der Waals surface area (Å²) in [5, 5.41) is 9.75. The van der Waals surface area contributed by atoms with E-state index in [1.165, 1.54) is 10.5 Å². The van der Waals surface area contributed by atoms with Crippen molar-refractivity contribution >= 4 is 28.4 Å². The number of hydrogen-bond donors (Lipinski definition) is 0. The molecule has 0 radical (unpaired) electrons. The highest BCUT2D eigenvalue weighted by atomic mass is 32.2. The van der Waals surface area contributed by atoms with Crippen molar-refractivity contribution in [1.82, 2.24) is 14.3 Å². The molecule has 0 spiro atoms. The van der Waals surface area contributed by atoms with E-state index in [-0.39, 0.29) is 0 Å². The Morgan fingerprint density at radius 2 is 2.00 bits per heavy atom. The van der Waals surface area contributed by atoms with E-state index in [1.54, 1.807) is 0 Å². The van der Waals surface area contributed by atoms with Gasteiger partial charge in [0, 0.05) is 23.4 Å². The summed E-state index contributed by atoms with van der Waals surface area (Å²) in [6.45, 7) is 11.9. The molecule has 4 nitrogen and oxygen atoms in total. The summed E-state index contributed by atoms with van der Waals surface area (Å²) in [5.41, 5.74) is 5.90. The van der Waals surface area contributed by atoms with Gasteiger partial charge in [0.05, 0.1) is 11.1 Å². The first-order chi connectivity index (χ1) is 12.7. The second-order valence-electron chi connectivity index (χ2n) is 6.39. The third kappa shape index (κ3) is 3.20. The maximum Gasteiger partial charge on any atom is 0.137 e. The van der Waals surface area contributed by atoms with Gasteiger partial charge in [-0.25, -0.2) is 4.98 Å². The number of nitriles is 1. The Hall–Kier alpha value is -2.03. The van der Waals surface area contributed by atoms with E-state index in [2.05, 4.69) is 49.3 Å². The average Bonchev–Trinajstić information content (AvgIpc) is 3.04. The van der Waals surface area contributed by atoms with E-state index in [0.717, 1.165) is 54.1 Å². The quantitative estimate of drug-likeness (QED) is 0.570. The lowest BCUT2D eigenvalue weighted by Crippen LogP contribution is -2.25. The van der Waals surface area contributed by atoms with Crippen molar-refractivity contribution in [3.8, 4) is 6.07 Å². The number of imidazole rings is 1. The van der Waals surface area contributed by atoms with E-state index in [1.807, 2.05) is 30.0 Å². The molecular weight excluding hydrogens is 340 g/mol. The zero-order valence-electron chi connectivity index (χ0n) is 16.0. The fourth-order valence-electron chi connectivity index (χ4n) is 3.56. The third-order valence-corrected chi connectivity index (χ3v) is 6.21. The minimum absolute atomic E-state index is 0.716. The van der Waals surface area contributed by atoms with Gasteiger partial charge in [-0.05, 0) is 49.7 Å². The summed E-state index contributed by atoms with van der Waals surface area (Å²) in [6.07, 6.45) is 2.97. The Labute approximate surface area is 159 Å². The summed E-state index contributed by atoms with van der Waals surface area (Å²) < 4.78 is 2.13. The van der Waals surface area contributed by atoms with Gasteiger partial charge in [0.1, 0.15) is 17.2 Å². The zero-order chi connectivity index (χ0) is 18.7. The predicted octanol–water partition coefficient (Wildman–Crippen LogP) is 4.66. The monoisotopic (exact) mass is 366 g/mol. The van der Waals surface area contributed by atoms with E-state index in [0.29, 0.717) is 5.56 Å². The van der Waals surface area contributed by atoms with Crippen molar-refractivity contribution in [2.75, 3.05) is 25.4 Å². The third-order valence-electron chi connectivity index (χ3n) is 5.10. The molecule has 0 amide bonds. The van der Waals surface area contributed by atoms with Crippen molar-refractivity contribution in [1.29, 1.82) is 5.26 Å². The van der Waals surface area contributed by atoms with Gasteiger partial charge in [-0.3, -0.25) is 4.40 Å². The van der Waals surface area contributed by atoms with Gasteiger partial charge in [-0.2, -0.15) is 5.26 Å². The van der Waals surface area contributed by atoms with Crippen LogP contribution in [0.15, 0.2) is 29.3 Å². The first-order valence-electron chi connectivity index (χ1n) is 9.33. The molecule has 2 aromatic heterocycles. The molecule has 0 saturated carbocycles. The highest BCUT2D eigenvalue weighted by Crippen LogP contribution is 2.37. The summed E-state index contributed by atoms with van der Waals surface area (Å²) >= 11 is 1.90. The number of pyridine rings is 1. The van der Waals surface area contributed by atoms with Gasteiger partial charge >= 0.3 is 0 Å². The minimum atomic E-state index is 0.716. The van der Waals surface area contributed by atoms with Crippen LogP contribution in [-0.2, 0) is 6.42 Å². The van der Waals surface area contributed by atoms with Crippen molar-refractivity contribution in [3.63, 3.8) is 0 Å². The Kier molecular flexibility index (Phi) is 5.85. The van der Waals surface area contributed by atoms with Crippen molar-refractivity contribution in [3.05, 3.63) is 41.1 Å². The lowest BCUT2D eigenvalue weighted by molar-refractivity contribution is 0.324. The number of nitrogens with zero attached hydrogens (tertiary/aromatic N) is 4. The smallest absolute Gasteiger partial charge is 0.137 e. The molecule has 0 atom stereocenters. The number of aromatic nitrogens is 2. The Morgan fingerprint density at radius 3 is 2.65 bits per heavy atom. The van der Waals surface area contributed by atoms with Crippen LogP contribution in [-0.4, -0.2) is 39.7 Å². The molecule has 0 aliphatic carbocycles. The van der Waals surface area contributed by atoms with Gasteiger partial charge in [0.15, 0.2) is 0 Å². The van der Waals surface area contributed by atoms with Crippen LogP contribution in [0.2, 0.25) is 0 Å². The molecule has 3 aromatic rings. The van der Waals surface area contributed by atoms with Crippen molar-refractivity contribution in [2.45, 2.75) is 39.0 Å². The van der Waals surface area contributed by atoms with Crippen LogP contribution in [0.25, 0.3) is 16.7 Å². The topological polar surface area (TPSA) is 44.3 Å². The SMILES string of the molecule is CCc1c(C)c(C#N)c2nc3ccccn3c2c1SCCN(CC)CC. The highest BCUT2D eigenvalue weighted by molar-refractivity contribution is 7.99. The molecule has 3 rings (SSSR count). The van der Waals surface area contributed by atoms with E-state index < -0.39 is 0 Å². The van der Waals surface area contributed by atoms with Crippen molar-refractivity contribution < 1.29 is 0 Å². The van der Waals surface area contributed by atoms with Crippen LogP contribution in [0.3, 0.4) is 0 Å². The van der Waals surface area contributed by atoms with E-state index >= 15 is 0 Å². The van der Waals surface area contributed by atoms with E-state index in [4.69, 9.17) is 4.98 Å². The lowest BCUT2D eigenvalue weighted by Gasteiger charge is -2.19. The maximum absolute atomic E-state index is 9.75. The van der Waals surface area contributed by atoms with Crippen molar-refractivity contribution in [2.24, 2.45) is 0 Å². The molecule has 0 fully saturated rings. The normalized spacial score (nSPS) is 11.5. The fraction of sp³-hybridized carbons (Fsp3) is 0.429. The largest absolute Gasteiger partial charge is 0.303 e. The number of fused-ring (bicyclic) bond motifs is 3. The lowest BCUT2D eigenvalue weighted by atomic mass is 9.99. The molecule has 136 valence electrons. The molecule has 0 unspecified atom stereocenters. The summed E-state index contributed by atoms with van der Waals surface area (Å²) in [5.74, 6) is 1.04. The fourth-order valence-corrected chi connectivity index (χ4v) is 4.92. The van der Waals surface area contributed by atoms with Gasteiger partial charge < -0.3 is 4.90 Å². The number of benzene rings is 1. The number of thioether (sulfide) groups is 1. The Morgan fingerprint density at radius 1 is 1.23 bits per heavy atom. The van der Waals surface area contributed by atoms with Crippen LogP contribution >= 0.6 is 11.8 Å². The summed E-state index contributed by atoms with van der Waals surface area (Å²) in [7, 11) is 0. The molecule has 26 heavy (non-hydrogen) atoms. The van der Waals surface area contributed by atoms with E-state index in [9.17, 15) is 5.26 Å². The highest BCUT2D eigenvalue weighted by Gasteiger charge is 2.20. The van der Waals surface area contributed by atoms with Gasteiger partial charge in [0.2, 0.25) is 0 Å². The Balaban J connectivity index is 2.18. The summed E-state index contributed by atoms with van der Waals surface area (Å²) in [4.78, 5) is 8.50. The molecule has 5 heteroatoms. The van der Waals surface area contributed by atoms with Crippen LogP contribution in [0, 0.1) is 18.3 Å². The molecule has 0 aliphatic heterocycles. The first kappa shape index (κ1) is 18.8. The standard InChI is InChI=1S/C21H26N4S/c1-5-16-15(4)17(14-22)19-20(25-11-9-8-10-18(25)23-19)21(16)26-13-12-24(6-2)7-3/h8-11H,5-7,12-13H2,1-4H3. The maximum atomic E-state index is 9.75. The summed E-state index contributed by atoms with van der Waals surface area (Å²) in [6, 6.07) is 8.42. The molecule has 1 aromatic carbocycles. The second-order valence-corrected chi connectivity index (χ2v) is 7.49. The molecule has 0 saturated heterocycles. The van der Waals surface area contributed by atoms with Crippen LogP contribution in [0.1, 0.15) is 37.5 Å². The van der Waals surface area contributed by atoms with Crippen LogP contribution in [0.4, 0.5) is 0 Å². The van der Waals surface area contributed by atoms with Crippen LogP contribution < -0.4 is 0 Å². The first-order valence-corrected chi connectivity index (χ1v) is 10.3. The average molecular weight is 367 g/mol. The number of rotatable bonds is 7. The van der Waals surface area contributed by atoms with Gasteiger partial charge in [-0.15, -0.1) is 11.8 Å². The van der Waals surface area contributed by atoms with Gasteiger partial charge in [-0.1, -0.05) is 26.8 Å². The van der Waals surface area contributed by atoms with Crippen LogP contribution in [0.5, 0.6) is 0 Å². The molecular formula is C21H26N4S.